The number of carbonyl (C=O) groups excluding carboxylic acids is 1. The average Bonchev–Trinajstić information content (AvgIpc) is 2.46. The molecule has 0 aliphatic heterocycles. The minimum atomic E-state index is -4.29. The molecule has 0 radical (unpaired) electrons. The van der Waals surface area contributed by atoms with E-state index in [0.717, 1.165) is 12.1 Å². The van der Waals surface area contributed by atoms with Crippen LogP contribution in [0.4, 0.5) is 23.2 Å². The van der Waals surface area contributed by atoms with Crippen LogP contribution in [-0.4, -0.2) is 17.8 Å². The van der Waals surface area contributed by atoms with Crippen molar-refractivity contribution >= 4 is 23.4 Å². The van der Waals surface area contributed by atoms with Crippen molar-refractivity contribution in [1.82, 2.24) is 0 Å². The van der Waals surface area contributed by atoms with Crippen LogP contribution in [0.5, 0.6) is 0 Å². The molecule has 7 heteroatoms. The molecule has 0 atom stereocenters. The first-order chi connectivity index (χ1) is 10.3. The molecule has 1 N–H and O–H groups in total. The fraction of sp³-hybridized carbons (Fsp3) is 0.133. The molecule has 1 amide bonds. The standard InChI is InChI=1S/C15H11F4NOS/c16-11-7-5-10(6-8-11)14(21)20-12-3-1-2-4-13(12)22-9-15(17,18)19/h1-8H,9H2,(H,20,21). The van der Waals surface area contributed by atoms with E-state index in [0.29, 0.717) is 16.7 Å². The molecule has 116 valence electrons. The van der Waals surface area contributed by atoms with E-state index in [1.54, 1.807) is 12.1 Å². The van der Waals surface area contributed by atoms with E-state index in [-0.39, 0.29) is 11.3 Å². The SMILES string of the molecule is O=C(Nc1ccccc1SCC(F)(F)F)c1ccc(F)cc1. The predicted molar refractivity (Wildman–Crippen MR) is 77.6 cm³/mol. The molecule has 2 aromatic carbocycles. The Morgan fingerprint density at radius 3 is 2.32 bits per heavy atom. The molecule has 2 aromatic rings. The van der Waals surface area contributed by atoms with E-state index in [2.05, 4.69) is 5.32 Å². The summed E-state index contributed by atoms with van der Waals surface area (Å²) in [6.45, 7) is 0. The van der Waals surface area contributed by atoms with Crippen molar-refractivity contribution in [3.8, 4) is 0 Å². The Balaban J connectivity index is 2.12. The van der Waals surface area contributed by atoms with Gasteiger partial charge in [-0.3, -0.25) is 4.79 Å². The molecule has 0 fully saturated rings. The van der Waals surface area contributed by atoms with Crippen molar-refractivity contribution in [2.24, 2.45) is 0 Å². The van der Waals surface area contributed by atoms with Crippen LogP contribution in [0.3, 0.4) is 0 Å². The number of hydrogen-bond donors (Lipinski definition) is 1. The summed E-state index contributed by atoms with van der Waals surface area (Å²) >= 11 is 0.594. The summed E-state index contributed by atoms with van der Waals surface area (Å²) in [6, 6.07) is 11.1. The van der Waals surface area contributed by atoms with Gasteiger partial charge in [0.05, 0.1) is 11.4 Å². The molecule has 2 nitrogen and oxygen atoms in total. The number of hydrogen-bond acceptors (Lipinski definition) is 2. The van der Waals surface area contributed by atoms with E-state index >= 15 is 0 Å². The molecule has 0 unspecified atom stereocenters. The number of alkyl halides is 3. The van der Waals surface area contributed by atoms with Gasteiger partial charge in [-0.2, -0.15) is 13.2 Å². The molecule has 0 saturated heterocycles. The highest BCUT2D eigenvalue weighted by Gasteiger charge is 2.27. The van der Waals surface area contributed by atoms with Gasteiger partial charge >= 0.3 is 6.18 Å². The predicted octanol–water partition coefficient (Wildman–Crippen LogP) is 4.73. The zero-order chi connectivity index (χ0) is 16.2. The average molecular weight is 329 g/mol. The van der Waals surface area contributed by atoms with Crippen LogP contribution in [0.15, 0.2) is 53.4 Å². The maximum atomic E-state index is 12.8. The van der Waals surface area contributed by atoms with Gasteiger partial charge in [-0.25, -0.2) is 4.39 Å². The number of rotatable bonds is 4. The Kier molecular flexibility index (Phi) is 5.07. The number of para-hydroxylation sites is 1. The zero-order valence-corrected chi connectivity index (χ0v) is 12.0. The van der Waals surface area contributed by atoms with Crippen molar-refractivity contribution in [3.05, 3.63) is 59.9 Å². The molecule has 0 aromatic heterocycles. The summed E-state index contributed by atoms with van der Waals surface area (Å²) in [4.78, 5) is 12.3. The van der Waals surface area contributed by atoms with E-state index < -0.39 is 23.7 Å². The Bertz CT molecular complexity index is 655. The number of carbonyl (C=O) groups is 1. The molecule has 0 aliphatic carbocycles. The second-order valence-corrected chi connectivity index (χ2v) is 5.38. The van der Waals surface area contributed by atoms with Crippen LogP contribution in [0.2, 0.25) is 0 Å². The van der Waals surface area contributed by atoms with Gasteiger partial charge in [0.15, 0.2) is 0 Å². The number of thioether (sulfide) groups is 1. The van der Waals surface area contributed by atoms with Crippen molar-refractivity contribution in [1.29, 1.82) is 0 Å². The molecule has 0 heterocycles. The molecule has 0 aliphatic rings. The highest BCUT2D eigenvalue weighted by atomic mass is 32.2. The second-order valence-electron chi connectivity index (χ2n) is 4.36. The Hall–Kier alpha value is -2.02. The maximum Gasteiger partial charge on any atom is 0.398 e. The molecular weight excluding hydrogens is 318 g/mol. The third-order valence-electron chi connectivity index (χ3n) is 2.63. The summed E-state index contributed by atoms with van der Waals surface area (Å²) in [7, 11) is 0. The normalized spacial score (nSPS) is 11.3. The third kappa shape index (κ3) is 4.77. The smallest absolute Gasteiger partial charge is 0.321 e. The number of nitrogens with one attached hydrogen (secondary N) is 1. The highest BCUT2D eigenvalue weighted by molar-refractivity contribution is 7.99. The lowest BCUT2D eigenvalue weighted by atomic mass is 10.2. The third-order valence-corrected chi connectivity index (χ3v) is 3.77. The lowest BCUT2D eigenvalue weighted by Crippen LogP contribution is -2.14. The van der Waals surface area contributed by atoms with Crippen LogP contribution in [0.25, 0.3) is 0 Å². The van der Waals surface area contributed by atoms with E-state index in [1.807, 2.05) is 0 Å². The Morgan fingerprint density at radius 1 is 1.05 bits per heavy atom. The molecule has 2 rings (SSSR count). The van der Waals surface area contributed by atoms with Crippen LogP contribution < -0.4 is 5.32 Å². The van der Waals surface area contributed by atoms with E-state index in [4.69, 9.17) is 0 Å². The van der Waals surface area contributed by atoms with Gasteiger partial charge in [0.2, 0.25) is 0 Å². The monoisotopic (exact) mass is 329 g/mol. The van der Waals surface area contributed by atoms with Gasteiger partial charge in [-0.1, -0.05) is 12.1 Å². The number of anilines is 1. The van der Waals surface area contributed by atoms with E-state index in [9.17, 15) is 22.4 Å². The summed E-state index contributed by atoms with van der Waals surface area (Å²) in [5, 5.41) is 2.53. The van der Waals surface area contributed by atoms with Crippen LogP contribution in [0.1, 0.15) is 10.4 Å². The summed E-state index contributed by atoms with van der Waals surface area (Å²) in [5.74, 6) is -2.03. The zero-order valence-electron chi connectivity index (χ0n) is 11.2. The van der Waals surface area contributed by atoms with Crippen LogP contribution >= 0.6 is 11.8 Å². The first kappa shape index (κ1) is 16.4. The van der Waals surface area contributed by atoms with Gasteiger partial charge in [0, 0.05) is 10.5 Å². The van der Waals surface area contributed by atoms with Crippen LogP contribution in [0, 0.1) is 5.82 Å². The second kappa shape index (κ2) is 6.83. The van der Waals surface area contributed by atoms with Crippen molar-refractivity contribution < 1.29 is 22.4 Å². The molecule has 0 bridgehead atoms. The van der Waals surface area contributed by atoms with Crippen molar-refractivity contribution in [3.63, 3.8) is 0 Å². The van der Waals surface area contributed by atoms with Gasteiger partial charge in [-0.05, 0) is 36.4 Å². The Labute approximate surface area is 128 Å². The molecule has 22 heavy (non-hydrogen) atoms. The van der Waals surface area contributed by atoms with Gasteiger partial charge in [0.1, 0.15) is 5.82 Å². The minimum absolute atomic E-state index is 0.219. The van der Waals surface area contributed by atoms with Crippen molar-refractivity contribution in [2.45, 2.75) is 11.1 Å². The number of halogens is 4. The molecule has 0 spiro atoms. The first-order valence-corrected chi connectivity index (χ1v) is 7.19. The summed E-state index contributed by atoms with van der Waals surface area (Å²) < 4.78 is 49.7. The van der Waals surface area contributed by atoms with Crippen molar-refractivity contribution in [2.75, 3.05) is 11.1 Å². The lowest BCUT2D eigenvalue weighted by Gasteiger charge is -2.12. The quantitative estimate of drug-likeness (QED) is 0.649. The van der Waals surface area contributed by atoms with Gasteiger partial charge in [-0.15, -0.1) is 11.8 Å². The Morgan fingerprint density at radius 2 is 1.68 bits per heavy atom. The topological polar surface area (TPSA) is 29.1 Å². The summed E-state index contributed by atoms with van der Waals surface area (Å²) in [5.41, 5.74) is 0.503. The van der Waals surface area contributed by atoms with Gasteiger partial charge < -0.3 is 5.32 Å². The lowest BCUT2D eigenvalue weighted by molar-refractivity contribution is -0.105. The maximum absolute atomic E-state index is 12.8. The highest BCUT2D eigenvalue weighted by Crippen LogP contribution is 2.32. The summed E-state index contributed by atoms with van der Waals surface area (Å²) in [6.07, 6.45) is -4.29. The van der Waals surface area contributed by atoms with E-state index in [1.165, 1.54) is 24.3 Å². The van der Waals surface area contributed by atoms with Crippen LogP contribution in [-0.2, 0) is 0 Å². The fourth-order valence-electron chi connectivity index (χ4n) is 1.65. The first-order valence-electron chi connectivity index (χ1n) is 6.21. The number of amides is 1. The van der Waals surface area contributed by atoms with Gasteiger partial charge in [0.25, 0.3) is 5.91 Å². The fourth-order valence-corrected chi connectivity index (χ4v) is 2.42. The molecule has 0 saturated carbocycles. The molecular formula is C15H11F4NOS. The largest absolute Gasteiger partial charge is 0.398 e. The number of benzene rings is 2. The minimum Gasteiger partial charge on any atom is -0.321 e.